The molecule has 2 aromatic carbocycles. The van der Waals surface area contributed by atoms with Gasteiger partial charge in [0.25, 0.3) is 5.91 Å². The molecule has 1 atom stereocenters. The maximum absolute atomic E-state index is 13.0. The van der Waals surface area contributed by atoms with Gasteiger partial charge < -0.3 is 4.90 Å². The van der Waals surface area contributed by atoms with Gasteiger partial charge in [0.15, 0.2) is 0 Å². The number of carbonyl (C=O) groups excluding carboxylic acids is 1. The molecular formula is C20H21FN2O. The van der Waals surface area contributed by atoms with Crippen molar-refractivity contribution in [3.05, 3.63) is 71.0 Å². The first kappa shape index (κ1) is 15.3. The SMILES string of the molecule is O=C(c1ccc(F)cc1)N1CCC(N2CCc3ccccc3C2)C1. The molecule has 0 aliphatic carbocycles. The predicted octanol–water partition coefficient (Wildman–Crippen LogP) is 3.10. The molecule has 2 aromatic rings. The van der Waals surface area contributed by atoms with Crippen LogP contribution in [0.5, 0.6) is 0 Å². The second kappa shape index (κ2) is 6.36. The van der Waals surface area contributed by atoms with Crippen LogP contribution in [0.3, 0.4) is 0 Å². The molecule has 2 heterocycles. The number of hydrogen-bond donors (Lipinski definition) is 0. The Morgan fingerprint density at radius 2 is 1.75 bits per heavy atom. The van der Waals surface area contributed by atoms with Gasteiger partial charge in [-0.1, -0.05) is 24.3 Å². The van der Waals surface area contributed by atoms with Crippen molar-refractivity contribution in [2.45, 2.75) is 25.4 Å². The van der Waals surface area contributed by atoms with Crippen molar-refractivity contribution in [3.8, 4) is 0 Å². The van der Waals surface area contributed by atoms with E-state index in [0.717, 1.165) is 39.0 Å². The molecule has 2 aliphatic rings. The van der Waals surface area contributed by atoms with E-state index in [2.05, 4.69) is 29.2 Å². The van der Waals surface area contributed by atoms with Crippen molar-refractivity contribution in [2.24, 2.45) is 0 Å². The van der Waals surface area contributed by atoms with Crippen LogP contribution in [0.1, 0.15) is 27.9 Å². The zero-order valence-electron chi connectivity index (χ0n) is 13.6. The number of fused-ring (bicyclic) bond motifs is 1. The largest absolute Gasteiger partial charge is 0.337 e. The standard InChI is InChI=1S/C20H21FN2O/c21-18-7-5-16(6-8-18)20(24)23-12-10-19(14-23)22-11-9-15-3-1-2-4-17(15)13-22/h1-8,19H,9-14H2. The van der Waals surface area contributed by atoms with Gasteiger partial charge in [-0.2, -0.15) is 0 Å². The summed E-state index contributed by atoms with van der Waals surface area (Å²) in [5.74, 6) is -0.298. The number of amides is 1. The number of halogens is 1. The minimum Gasteiger partial charge on any atom is -0.337 e. The molecule has 4 rings (SSSR count). The molecule has 1 unspecified atom stereocenters. The molecule has 0 N–H and O–H groups in total. The molecular weight excluding hydrogens is 303 g/mol. The second-order valence-corrected chi connectivity index (χ2v) is 6.69. The highest BCUT2D eigenvalue weighted by atomic mass is 19.1. The lowest BCUT2D eigenvalue weighted by molar-refractivity contribution is 0.0773. The fourth-order valence-electron chi connectivity index (χ4n) is 3.83. The fourth-order valence-corrected chi connectivity index (χ4v) is 3.83. The van der Waals surface area contributed by atoms with Crippen molar-refractivity contribution in [2.75, 3.05) is 19.6 Å². The first-order valence-electron chi connectivity index (χ1n) is 8.56. The molecule has 1 amide bonds. The van der Waals surface area contributed by atoms with E-state index in [1.807, 2.05) is 4.90 Å². The highest BCUT2D eigenvalue weighted by molar-refractivity contribution is 5.94. The van der Waals surface area contributed by atoms with Crippen LogP contribution in [0.4, 0.5) is 4.39 Å². The number of hydrogen-bond acceptors (Lipinski definition) is 2. The highest BCUT2D eigenvalue weighted by Gasteiger charge is 2.32. The van der Waals surface area contributed by atoms with Crippen LogP contribution in [0.2, 0.25) is 0 Å². The number of nitrogens with zero attached hydrogens (tertiary/aromatic N) is 2. The Labute approximate surface area is 141 Å². The quantitative estimate of drug-likeness (QED) is 0.847. The van der Waals surface area contributed by atoms with Gasteiger partial charge in [-0.15, -0.1) is 0 Å². The molecule has 124 valence electrons. The minimum atomic E-state index is -0.308. The maximum atomic E-state index is 13.0. The zero-order valence-corrected chi connectivity index (χ0v) is 13.6. The summed E-state index contributed by atoms with van der Waals surface area (Å²) in [6.07, 6.45) is 2.09. The fraction of sp³-hybridized carbons (Fsp3) is 0.350. The van der Waals surface area contributed by atoms with Crippen molar-refractivity contribution in [3.63, 3.8) is 0 Å². The van der Waals surface area contributed by atoms with Crippen LogP contribution in [0.15, 0.2) is 48.5 Å². The summed E-state index contributed by atoms with van der Waals surface area (Å²) in [4.78, 5) is 17.0. The molecule has 4 heteroatoms. The molecule has 1 saturated heterocycles. The van der Waals surface area contributed by atoms with E-state index in [-0.39, 0.29) is 11.7 Å². The predicted molar refractivity (Wildman–Crippen MR) is 91.3 cm³/mol. The van der Waals surface area contributed by atoms with Crippen LogP contribution < -0.4 is 0 Å². The molecule has 0 saturated carbocycles. The molecule has 3 nitrogen and oxygen atoms in total. The Kier molecular flexibility index (Phi) is 4.07. The average Bonchev–Trinajstić information content (AvgIpc) is 3.11. The Morgan fingerprint density at radius 3 is 2.54 bits per heavy atom. The lowest BCUT2D eigenvalue weighted by atomic mass is 9.98. The Morgan fingerprint density at radius 1 is 1.00 bits per heavy atom. The van der Waals surface area contributed by atoms with Gasteiger partial charge in [0.2, 0.25) is 0 Å². The average molecular weight is 324 g/mol. The van der Waals surface area contributed by atoms with E-state index in [1.165, 1.54) is 23.3 Å². The van der Waals surface area contributed by atoms with Gasteiger partial charge in [0.05, 0.1) is 0 Å². The molecule has 24 heavy (non-hydrogen) atoms. The van der Waals surface area contributed by atoms with E-state index in [4.69, 9.17) is 0 Å². The van der Waals surface area contributed by atoms with Crippen molar-refractivity contribution >= 4 is 5.91 Å². The van der Waals surface area contributed by atoms with Gasteiger partial charge in [-0.05, 0) is 48.2 Å². The number of rotatable bonds is 2. The first-order valence-corrected chi connectivity index (χ1v) is 8.56. The lowest BCUT2D eigenvalue weighted by Gasteiger charge is -2.33. The molecule has 0 aromatic heterocycles. The van der Waals surface area contributed by atoms with Gasteiger partial charge >= 0.3 is 0 Å². The Hall–Kier alpha value is -2.20. The maximum Gasteiger partial charge on any atom is 0.253 e. The van der Waals surface area contributed by atoms with Crippen molar-refractivity contribution in [1.29, 1.82) is 0 Å². The normalized spacial score (nSPS) is 20.9. The summed E-state index contributed by atoms with van der Waals surface area (Å²) in [7, 11) is 0. The molecule has 0 bridgehead atoms. The summed E-state index contributed by atoms with van der Waals surface area (Å²) in [6.45, 7) is 3.57. The number of benzene rings is 2. The van der Waals surface area contributed by atoms with Crippen molar-refractivity contribution < 1.29 is 9.18 Å². The second-order valence-electron chi connectivity index (χ2n) is 6.69. The Bertz CT molecular complexity index is 744. The van der Waals surface area contributed by atoms with Gasteiger partial charge in [0, 0.05) is 37.8 Å². The third-order valence-electron chi connectivity index (χ3n) is 5.22. The topological polar surface area (TPSA) is 23.6 Å². The van der Waals surface area contributed by atoms with E-state index in [1.54, 1.807) is 12.1 Å². The van der Waals surface area contributed by atoms with Crippen LogP contribution >= 0.6 is 0 Å². The zero-order chi connectivity index (χ0) is 16.5. The van der Waals surface area contributed by atoms with E-state index >= 15 is 0 Å². The van der Waals surface area contributed by atoms with E-state index in [0.29, 0.717) is 11.6 Å². The monoisotopic (exact) mass is 324 g/mol. The lowest BCUT2D eigenvalue weighted by Crippen LogP contribution is -2.41. The van der Waals surface area contributed by atoms with Gasteiger partial charge in [0.1, 0.15) is 5.82 Å². The van der Waals surface area contributed by atoms with Crippen LogP contribution in [0.25, 0.3) is 0 Å². The molecule has 1 fully saturated rings. The smallest absolute Gasteiger partial charge is 0.253 e. The molecule has 2 aliphatic heterocycles. The summed E-state index contributed by atoms with van der Waals surface area (Å²) >= 11 is 0. The number of carbonyl (C=O) groups is 1. The van der Waals surface area contributed by atoms with Crippen molar-refractivity contribution in [1.82, 2.24) is 9.80 Å². The van der Waals surface area contributed by atoms with Crippen LogP contribution in [0, 0.1) is 5.82 Å². The van der Waals surface area contributed by atoms with Crippen LogP contribution in [-0.2, 0) is 13.0 Å². The highest BCUT2D eigenvalue weighted by Crippen LogP contribution is 2.25. The Balaban J connectivity index is 1.42. The first-order chi connectivity index (χ1) is 11.7. The van der Waals surface area contributed by atoms with Crippen LogP contribution in [-0.4, -0.2) is 41.4 Å². The summed E-state index contributed by atoms with van der Waals surface area (Å²) < 4.78 is 13.0. The third kappa shape index (κ3) is 2.94. The van der Waals surface area contributed by atoms with E-state index in [9.17, 15) is 9.18 Å². The minimum absolute atomic E-state index is 0.00918. The van der Waals surface area contributed by atoms with Gasteiger partial charge in [-0.25, -0.2) is 4.39 Å². The summed E-state index contributed by atoms with van der Waals surface area (Å²) in [5.41, 5.74) is 3.43. The summed E-state index contributed by atoms with van der Waals surface area (Å²) in [6, 6.07) is 14.9. The molecule has 0 spiro atoms. The van der Waals surface area contributed by atoms with Gasteiger partial charge in [-0.3, -0.25) is 9.69 Å². The molecule has 0 radical (unpaired) electrons. The third-order valence-corrected chi connectivity index (χ3v) is 5.22. The van der Waals surface area contributed by atoms with E-state index < -0.39 is 0 Å². The number of likely N-dealkylation sites (tertiary alicyclic amines) is 1. The summed E-state index contributed by atoms with van der Waals surface area (Å²) in [5, 5.41) is 0.